The van der Waals surface area contributed by atoms with Crippen LogP contribution in [0, 0.1) is 0 Å². The van der Waals surface area contributed by atoms with E-state index in [2.05, 4.69) is 21.2 Å². The number of rotatable bonds is 3. The summed E-state index contributed by atoms with van der Waals surface area (Å²) in [5, 5.41) is 2.88. The SMILES string of the molecule is COc1ccc(Br)c(C(=O)Nc2ccc3c(c2)C(=O)N2CCCC[C@@H]2CCO3)c1. The van der Waals surface area contributed by atoms with Gasteiger partial charge in [-0.15, -0.1) is 0 Å². The lowest BCUT2D eigenvalue weighted by atomic mass is 9.97. The number of nitrogens with one attached hydrogen (secondary N) is 1. The van der Waals surface area contributed by atoms with Crippen LogP contribution in [-0.2, 0) is 0 Å². The zero-order chi connectivity index (χ0) is 20.4. The van der Waals surface area contributed by atoms with Gasteiger partial charge in [0, 0.05) is 29.2 Å². The van der Waals surface area contributed by atoms with E-state index in [1.807, 2.05) is 4.90 Å². The van der Waals surface area contributed by atoms with E-state index < -0.39 is 0 Å². The number of hydrogen-bond donors (Lipinski definition) is 1. The second kappa shape index (κ2) is 8.45. The number of ether oxygens (including phenoxy) is 2. The average molecular weight is 459 g/mol. The van der Waals surface area contributed by atoms with Crippen LogP contribution in [-0.4, -0.2) is 43.0 Å². The number of fused-ring (bicyclic) bond motifs is 2. The molecule has 2 aromatic carbocycles. The van der Waals surface area contributed by atoms with Crippen molar-refractivity contribution in [2.45, 2.75) is 31.7 Å². The number of carbonyl (C=O) groups is 2. The molecular weight excluding hydrogens is 436 g/mol. The van der Waals surface area contributed by atoms with Crippen molar-refractivity contribution in [3.8, 4) is 11.5 Å². The summed E-state index contributed by atoms with van der Waals surface area (Å²) in [6, 6.07) is 10.7. The Balaban J connectivity index is 1.60. The summed E-state index contributed by atoms with van der Waals surface area (Å²) in [5.74, 6) is 0.852. The highest BCUT2D eigenvalue weighted by atomic mass is 79.9. The monoisotopic (exact) mass is 458 g/mol. The molecule has 2 aromatic rings. The number of anilines is 1. The number of amides is 2. The van der Waals surface area contributed by atoms with Crippen molar-refractivity contribution >= 4 is 33.4 Å². The zero-order valence-electron chi connectivity index (χ0n) is 16.2. The second-order valence-corrected chi connectivity index (χ2v) is 8.15. The van der Waals surface area contributed by atoms with E-state index in [4.69, 9.17) is 9.47 Å². The van der Waals surface area contributed by atoms with Crippen LogP contribution < -0.4 is 14.8 Å². The molecule has 7 heteroatoms. The molecule has 29 heavy (non-hydrogen) atoms. The van der Waals surface area contributed by atoms with Crippen LogP contribution in [0.1, 0.15) is 46.4 Å². The van der Waals surface area contributed by atoms with Gasteiger partial charge in [0.1, 0.15) is 11.5 Å². The summed E-state index contributed by atoms with van der Waals surface area (Å²) in [4.78, 5) is 27.9. The van der Waals surface area contributed by atoms with Crippen LogP contribution in [0.25, 0.3) is 0 Å². The number of hydrogen-bond acceptors (Lipinski definition) is 4. The first kappa shape index (κ1) is 19.8. The molecule has 0 spiro atoms. The number of methoxy groups -OCH3 is 1. The third-order valence-electron chi connectivity index (χ3n) is 5.48. The Morgan fingerprint density at radius 2 is 2.07 bits per heavy atom. The van der Waals surface area contributed by atoms with Gasteiger partial charge in [-0.3, -0.25) is 9.59 Å². The highest BCUT2D eigenvalue weighted by Gasteiger charge is 2.31. The van der Waals surface area contributed by atoms with Crippen LogP contribution in [0.2, 0.25) is 0 Å². The van der Waals surface area contributed by atoms with Gasteiger partial charge in [-0.2, -0.15) is 0 Å². The number of benzene rings is 2. The Kier molecular flexibility index (Phi) is 5.76. The number of nitrogens with zero attached hydrogens (tertiary/aromatic N) is 1. The highest BCUT2D eigenvalue weighted by Crippen LogP contribution is 2.31. The summed E-state index contributed by atoms with van der Waals surface area (Å²) in [5.41, 5.74) is 1.50. The van der Waals surface area contributed by atoms with E-state index in [0.717, 1.165) is 32.2 Å². The van der Waals surface area contributed by atoms with Crippen molar-refractivity contribution in [1.82, 2.24) is 4.90 Å². The van der Waals surface area contributed by atoms with Crippen molar-refractivity contribution in [3.05, 3.63) is 52.0 Å². The molecule has 152 valence electrons. The Labute approximate surface area is 178 Å². The molecule has 0 unspecified atom stereocenters. The maximum atomic E-state index is 13.2. The van der Waals surface area contributed by atoms with Gasteiger partial charge in [-0.25, -0.2) is 0 Å². The largest absolute Gasteiger partial charge is 0.497 e. The molecule has 1 fully saturated rings. The van der Waals surface area contributed by atoms with Crippen molar-refractivity contribution in [2.75, 3.05) is 25.6 Å². The lowest BCUT2D eigenvalue weighted by Gasteiger charge is -2.37. The minimum atomic E-state index is -0.286. The third-order valence-corrected chi connectivity index (χ3v) is 6.17. The molecule has 0 radical (unpaired) electrons. The second-order valence-electron chi connectivity index (χ2n) is 7.30. The third kappa shape index (κ3) is 4.10. The first-order chi connectivity index (χ1) is 14.1. The van der Waals surface area contributed by atoms with E-state index in [1.54, 1.807) is 43.5 Å². The number of halogens is 1. The fraction of sp³-hybridized carbons (Fsp3) is 0.364. The van der Waals surface area contributed by atoms with Crippen LogP contribution in [0.5, 0.6) is 11.5 Å². The molecule has 2 amide bonds. The fourth-order valence-corrected chi connectivity index (χ4v) is 4.36. The summed E-state index contributed by atoms with van der Waals surface area (Å²) >= 11 is 3.40. The maximum absolute atomic E-state index is 13.2. The van der Waals surface area contributed by atoms with Crippen LogP contribution in [0.4, 0.5) is 5.69 Å². The van der Waals surface area contributed by atoms with Crippen molar-refractivity contribution in [2.24, 2.45) is 0 Å². The fourth-order valence-electron chi connectivity index (χ4n) is 3.93. The summed E-state index contributed by atoms with van der Waals surface area (Å²) in [6.45, 7) is 1.36. The Bertz CT molecular complexity index is 946. The first-order valence-electron chi connectivity index (χ1n) is 9.79. The lowest BCUT2D eigenvalue weighted by molar-refractivity contribution is 0.0548. The lowest BCUT2D eigenvalue weighted by Crippen LogP contribution is -2.45. The van der Waals surface area contributed by atoms with Crippen molar-refractivity contribution < 1.29 is 19.1 Å². The van der Waals surface area contributed by atoms with E-state index in [0.29, 0.717) is 39.4 Å². The molecule has 0 aliphatic carbocycles. The number of piperidine rings is 1. The quantitative estimate of drug-likeness (QED) is 0.735. The summed E-state index contributed by atoms with van der Waals surface area (Å²) in [7, 11) is 1.55. The molecule has 1 saturated heterocycles. The Hall–Kier alpha value is -2.54. The molecule has 1 atom stereocenters. The first-order valence-corrected chi connectivity index (χ1v) is 10.6. The summed E-state index contributed by atoms with van der Waals surface area (Å²) in [6.07, 6.45) is 4.05. The molecule has 2 aliphatic rings. The Morgan fingerprint density at radius 3 is 2.90 bits per heavy atom. The molecule has 2 heterocycles. The molecular formula is C22H23BrN2O4. The standard InChI is InChI=1S/C22H23BrN2O4/c1-28-16-6-7-19(23)17(13-16)21(26)24-14-5-8-20-18(12-14)22(27)25-10-3-2-4-15(25)9-11-29-20/h5-8,12-13,15H,2-4,9-11H2,1H3,(H,24,26)/t15-/m1/s1. The van der Waals surface area contributed by atoms with Gasteiger partial charge >= 0.3 is 0 Å². The molecule has 0 saturated carbocycles. The number of carbonyl (C=O) groups excluding carboxylic acids is 2. The summed E-state index contributed by atoms with van der Waals surface area (Å²) < 4.78 is 11.7. The van der Waals surface area contributed by atoms with Crippen molar-refractivity contribution in [3.63, 3.8) is 0 Å². The van der Waals surface area contributed by atoms with Gasteiger partial charge in [0.25, 0.3) is 11.8 Å². The predicted molar refractivity (Wildman–Crippen MR) is 114 cm³/mol. The highest BCUT2D eigenvalue weighted by molar-refractivity contribution is 9.10. The van der Waals surface area contributed by atoms with Gasteiger partial charge in [0.15, 0.2) is 0 Å². The van der Waals surface area contributed by atoms with E-state index in [-0.39, 0.29) is 17.9 Å². The van der Waals surface area contributed by atoms with Gasteiger partial charge in [0.05, 0.1) is 24.8 Å². The molecule has 4 rings (SSSR count). The average Bonchev–Trinajstić information content (AvgIpc) is 2.73. The molecule has 0 bridgehead atoms. The topological polar surface area (TPSA) is 67.9 Å². The van der Waals surface area contributed by atoms with Gasteiger partial charge in [-0.05, 0) is 71.6 Å². The molecule has 1 N–H and O–H groups in total. The zero-order valence-corrected chi connectivity index (χ0v) is 17.8. The molecule has 0 aromatic heterocycles. The maximum Gasteiger partial charge on any atom is 0.257 e. The minimum Gasteiger partial charge on any atom is -0.497 e. The van der Waals surface area contributed by atoms with Gasteiger partial charge in [0.2, 0.25) is 0 Å². The van der Waals surface area contributed by atoms with Gasteiger partial charge < -0.3 is 19.7 Å². The minimum absolute atomic E-state index is 0.0249. The predicted octanol–water partition coefficient (Wildman–Crippen LogP) is 4.49. The van der Waals surface area contributed by atoms with E-state index in [9.17, 15) is 9.59 Å². The van der Waals surface area contributed by atoms with Crippen LogP contribution in [0.3, 0.4) is 0 Å². The Morgan fingerprint density at radius 1 is 1.21 bits per heavy atom. The van der Waals surface area contributed by atoms with Crippen LogP contribution in [0.15, 0.2) is 40.9 Å². The van der Waals surface area contributed by atoms with Crippen LogP contribution >= 0.6 is 15.9 Å². The smallest absolute Gasteiger partial charge is 0.257 e. The van der Waals surface area contributed by atoms with E-state index >= 15 is 0 Å². The molecule has 6 nitrogen and oxygen atoms in total. The van der Waals surface area contributed by atoms with E-state index in [1.165, 1.54) is 0 Å². The van der Waals surface area contributed by atoms with Crippen molar-refractivity contribution in [1.29, 1.82) is 0 Å². The van der Waals surface area contributed by atoms with Gasteiger partial charge in [-0.1, -0.05) is 0 Å². The normalized spacial score (nSPS) is 18.6. The molecule has 2 aliphatic heterocycles.